The maximum Gasteiger partial charge on any atom is 0.343 e. The highest BCUT2D eigenvalue weighted by Gasteiger charge is 2.53. The summed E-state index contributed by atoms with van der Waals surface area (Å²) in [7, 11) is 0. The van der Waals surface area contributed by atoms with E-state index in [0.717, 1.165) is 36.8 Å². The molecule has 3 aliphatic rings. The van der Waals surface area contributed by atoms with Gasteiger partial charge in [-0.2, -0.15) is 5.10 Å². The van der Waals surface area contributed by atoms with Crippen LogP contribution in [-0.2, 0) is 5.41 Å². The quantitative estimate of drug-likeness (QED) is 0.940. The van der Waals surface area contributed by atoms with Crippen LogP contribution in [0, 0.1) is 13.8 Å². The summed E-state index contributed by atoms with van der Waals surface area (Å²) in [4.78, 5) is 11.8. The lowest BCUT2D eigenvalue weighted by molar-refractivity contribution is 0.0668. The van der Waals surface area contributed by atoms with Crippen LogP contribution in [-0.4, -0.2) is 27.5 Å². The molecule has 0 radical (unpaired) electrons. The number of H-pyrrole nitrogens is 1. The number of aromatic nitrogens is 3. The molecule has 1 aromatic carbocycles. The van der Waals surface area contributed by atoms with Crippen molar-refractivity contribution in [3.05, 3.63) is 39.6 Å². The normalized spacial score (nSPS) is 25.9. The van der Waals surface area contributed by atoms with Crippen LogP contribution in [0.2, 0.25) is 0 Å². The molecule has 2 aliphatic carbocycles. The zero-order valence-corrected chi connectivity index (χ0v) is 14.0. The molecule has 24 heavy (non-hydrogen) atoms. The largest absolute Gasteiger partial charge is 0.492 e. The summed E-state index contributed by atoms with van der Waals surface area (Å²) in [5.74, 6) is 2.75. The van der Waals surface area contributed by atoms with Crippen LogP contribution >= 0.6 is 0 Å². The van der Waals surface area contributed by atoms with Gasteiger partial charge in [0.15, 0.2) is 0 Å². The number of rotatable bonds is 3. The Labute approximate surface area is 139 Å². The summed E-state index contributed by atoms with van der Waals surface area (Å²) in [6.45, 7) is 4.74. The Morgan fingerprint density at radius 2 is 2.12 bits per heavy atom. The summed E-state index contributed by atoms with van der Waals surface area (Å²) in [6, 6.07) is 4.35. The van der Waals surface area contributed by atoms with Gasteiger partial charge in [-0.25, -0.2) is 9.89 Å². The molecule has 6 nitrogen and oxygen atoms in total. The van der Waals surface area contributed by atoms with Crippen LogP contribution in [0.5, 0.6) is 11.5 Å². The first-order valence-electron chi connectivity index (χ1n) is 8.64. The molecule has 6 heteroatoms. The van der Waals surface area contributed by atoms with E-state index in [1.54, 1.807) is 4.57 Å². The third kappa shape index (κ3) is 1.88. The number of benzene rings is 1. The molecule has 0 unspecified atom stereocenters. The number of fused-ring (bicyclic) bond motifs is 2. The summed E-state index contributed by atoms with van der Waals surface area (Å²) in [5.41, 5.74) is 2.55. The first kappa shape index (κ1) is 14.1. The molecule has 1 N–H and O–H groups in total. The minimum Gasteiger partial charge on any atom is -0.492 e. The molecule has 2 heterocycles. The molecule has 2 saturated carbocycles. The fourth-order valence-corrected chi connectivity index (χ4v) is 4.12. The van der Waals surface area contributed by atoms with Crippen molar-refractivity contribution in [2.75, 3.05) is 6.61 Å². The van der Waals surface area contributed by atoms with Gasteiger partial charge in [0.1, 0.15) is 23.4 Å². The monoisotopic (exact) mass is 327 g/mol. The second kappa shape index (κ2) is 4.65. The van der Waals surface area contributed by atoms with Crippen molar-refractivity contribution in [2.24, 2.45) is 0 Å². The Balaban J connectivity index is 1.36. The van der Waals surface area contributed by atoms with Crippen LogP contribution in [0.15, 0.2) is 16.9 Å². The molecule has 0 atom stereocenters. The van der Waals surface area contributed by atoms with Crippen LogP contribution < -0.4 is 15.2 Å². The van der Waals surface area contributed by atoms with Gasteiger partial charge in [-0.05, 0) is 38.3 Å². The maximum absolute atomic E-state index is 11.8. The van der Waals surface area contributed by atoms with Crippen molar-refractivity contribution >= 4 is 0 Å². The number of ether oxygens (including phenoxy) is 2. The van der Waals surface area contributed by atoms with Gasteiger partial charge in [-0.3, -0.25) is 4.57 Å². The van der Waals surface area contributed by atoms with Crippen molar-refractivity contribution in [3.8, 4) is 11.5 Å². The van der Waals surface area contributed by atoms with Gasteiger partial charge in [-0.15, -0.1) is 0 Å². The Hall–Kier alpha value is -2.24. The second-order valence-electron chi connectivity index (χ2n) is 7.46. The average Bonchev–Trinajstić information content (AvgIpc) is 3.09. The highest BCUT2D eigenvalue weighted by molar-refractivity contribution is 5.58. The highest BCUT2D eigenvalue weighted by Crippen LogP contribution is 2.59. The van der Waals surface area contributed by atoms with Crippen molar-refractivity contribution in [3.63, 3.8) is 0 Å². The predicted molar refractivity (Wildman–Crippen MR) is 87.9 cm³/mol. The first-order chi connectivity index (χ1) is 11.6. The van der Waals surface area contributed by atoms with Crippen LogP contribution in [0.25, 0.3) is 0 Å². The zero-order valence-electron chi connectivity index (χ0n) is 14.0. The molecule has 1 aromatic heterocycles. The summed E-state index contributed by atoms with van der Waals surface area (Å²) < 4.78 is 14.0. The van der Waals surface area contributed by atoms with E-state index in [0.29, 0.717) is 0 Å². The van der Waals surface area contributed by atoms with Gasteiger partial charge in [0.05, 0.1) is 6.61 Å². The maximum atomic E-state index is 11.8. The van der Waals surface area contributed by atoms with Gasteiger partial charge < -0.3 is 9.47 Å². The average molecular weight is 327 g/mol. The predicted octanol–water partition coefficient (Wildman–Crippen LogP) is 2.39. The van der Waals surface area contributed by atoms with E-state index in [2.05, 4.69) is 29.3 Å². The number of hydrogen-bond donors (Lipinski definition) is 1. The van der Waals surface area contributed by atoms with Gasteiger partial charge in [-0.1, -0.05) is 6.07 Å². The van der Waals surface area contributed by atoms with Gasteiger partial charge in [0.25, 0.3) is 0 Å². The van der Waals surface area contributed by atoms with Crippen molar-refractivity contribution in [1.29, 1.82) is 0 Å². The molecule has 1 spiro atoms. The van der Waals surface area contributed by atoms with Crippen LogP contribution in [0.4, 0.5) is 0 Å². The lowest BCUT2D eigenvalue weighted by Crippen LogP contribution is -2.39. The number of aryl methyl sites for hydroxylation is 2. The summed E-state index contributed by atoms with van der Waals surface area (Å²) in [5, 5.41) is 6.49. The fourth-order valence-electron chi connectivity index (χ4n) is 4.12. The van der Waals surface area contributed by atoms with Crippen LogP contribution in [0.3, 0.4) is 0 Å². The fraction of sp³-hybridized carbons (Fsp3) is 0.556. The molecule has 5 rings (SSSR count). The van der Waals surface area contributed by atoms with Crippen LogP contribution in [0.1, 0.15) is 48.7 Å². The minimum atomic E-state index is -0.127. The Kier molecular flexibility index (Phi) is 2.74. The smallest absolute Gasteiger partial charge is 0.343 e. The van der Waals surface area contributed by atoms with E-state index < -0.39 is 0 Å². The molecular formula is C18H21N3O3. The first-order valence-corrected chi connectivity index (χ1v) is 8.64. The topological polar surface area (TPSA) is 69.1 Å². The molecule has 0 amide bonds. The lowest BCUT2D eigenvalue weighted by Gasteiger charge is -2.36. The van der Waals surface area contributed by atoms with E-state index in [1.165, 1.54) is 24.0 Å². The number of nitrogens with one attached hydrogen (secondary N) is 1. The second-order valence-corrected chi connectivity index (χ2v) is 7.46. The third-order valence-corrected chi connectivity index (χ3v) is 5.80. The number of aromatic amines is 1. The van der Waals surface area contributed by atoms with E-state index in [4.69, 9.17) is 9.47 Å². The number of nitrogens with zero attached hydrogens (tertiary/aromatic N) is 2. The lowest BCUT2D eigenvalue weighted by atomic mass is 9.88. The van der Waals surface area contributed by atoms with E-state index in [1.807, 2.05) is 6.92 Å². The third-order valence-electron chi connectivity index (χ3n) is 5.80. The summed E-state index contributed by atoms with van der Waals surface area (Å²) >= 11 is 0. The molecule has 2 aromatic rings. The SMILES string of the molecule is Cc1ccc(O[C@H]2C[C@H](n3c(C)n[nH]c3=O)C2)c2c1OCC21CC1. The Bertz CT molecular complexity index is 872. The van der Waals surface area contributed by atoms with Gasteiger partial charge >= 0.3 is 5.69 Å². The molecule has 2 fully saturated rings. The Morgan fingerprint density at radius 3 is 2.79 bits per heavy atom. The Morgan fingerprint density at radius 1 is 1.33 bits per heavy atom. The highest BCUT2D eigenvalue weighted by atomic mass is 16.5. The minimum absolute atomic E-state index is 0.127. The van der Waals surface area contributed by atoms with Gasteiger partial charge in [0, 0.05) is 29.9 Å². The van der Waals surface area contributed by atoms with E-state index in [-0.39, 0.29) is 23.3 Å². The molecule has 126 valence electrons. The van der Waals surface area contributed by atoms with E-state index >= 15 is 0 Å². The molecule has 0 bridgehead atoms. The van der Waals surface area contributed by atoms with Gasteiger partial charge in [0.2, 0.25) is 0 Å². The summed E-state index contributed by atoms with van der Waals surface area (Å²) in [6.07, 6.45) is 4.22. The van der Waals surface area contributed by atoms with Crippen molar-refractivity contribution in [1.82, 2.24) is 14.8 Å². The zero-order chi connectivity index (χ0) is 16.5. The van der Waals surface area contributed by atoms with E-state index in [9.17, 15) is 4.79 Å². The molecular weight excluding hydrogens is 306 g/mol. The van der Waals surface area contributed by atoms with Crippen molar-refractivity contribution < 1.29 is 9.47 Å². The molecule has 1 aliphatic heterocycles. The van der Waals surface area contributed by atoms with Crippen molar-refractivity contribution in [2.45, 2.75) is 57.1 Å². The number of hydrogen-bond acceptors (Lipinski definition) is 4. The molecule has 0 saturated heterocycles. The standard InChI is InChI=1S/C18H21N3O3/c1-10-3-4-14(15-16(10)23-9-18(15)5-6-18)24-13-7-12(8-13)21-11(2)19-20-17(21)22/h3-4,12-13H,5-9H2,1-2H3,(H,20,22)/t12-,13-.